The smallest absolute Gasteiger partial charge is 0.258 e. The van der Waals surface area contributed by atoms with Gasteiger partial charge < -0.3 is 24.3 Å². The Balaban J connectivity index is 1.46. The molecule has 0 aliphatic rings. The third-order valence-corrected chi connectivity index (χ3v) is 5.24. The molecule has 4 rings (SSSR count). The highest BCUT2D eigenvalue weighted by atomic mass is 16.5. The van der Waals surface area contributed by atoms with Crippen molar-refractivity contribution in [2.45, 2.75) is 6.04 Å². The molecule has 7 nitrogen and oxygen atoms in total. The van der Waals surface area contributed by atoms with E-state index in [0.29, 0.717) is 28.0 Å². The summed E-state index contributed by atoms with van der Waals surface area (Å²) in [7, 11) is 1.58. The molecule has 33 heavy (non-hydrogen) atoms. The minimum absolute atomic E-state index is 0.167. The number of amides is 1. The number of hydrogen-bond donors (Lipinski definition) is 2. The van der Waals surface area contributed by atoms with E-state index < -0.39 is 6.04 Å². The van der Waals surface area contributed by atoms with Gasteiger partial charge in [-0.25, -0.2) is 0 Å². The van der Waals surface area contributed by atoms with Crippen molar-refractivity contribution in [2.75, 3.05) is 20.3 Å². The SMILES string of the molecule is COc1ccc(-c2coc3cc(OCC(=O)N[C@@H](CO)c4ccccc4)ccc3c2=O)cc1. The molecule has 0 saturated heterocycles. The van der Waals surface area contributed by atoms with E-state index in [0.717, 1.165) is 11.1 Å². The lowest BCUT2D eigenvalue weighted by Gasteiger charge is -2.17. The van der Waals surface area contributed by atoms with Gasteiger partial charge in [-0.2, -0.15) is 0 Å². The molecular weight excluding hydrogens is 422 g/mol. The molecule has 3 aromatic carbocycles. The van der Waals surface area contributed by atoms with Crippen LogP contribution in [0.5, 0.6) is 11.5 Å². The second-order valence-electron chi connectivity index (χ2n) is 7.37. The van der Waals surface area contributed by atoms with Gasteiger partial charge >= 0.3 is 0 Å². The molecule has 0 fully saturated rings. The molecule has 1 amide bonds. The maximum atomic E-state index is 12.9. The van der Waals surface area contributed by atoms with E-state index in [1.54, 1.807) is 49.6 Å². The Morgan fingerprint density at radius 3 is 2.45 bits per heavy atom. The van der Waals surface area contributed by atoms with Gasteiger partial charge in [-0.15, -0.1) is 0 Å². The average Bonchev–Trinajstić information content (AvgIpc) is 2.87. The molecule has 1 aromatic heterocycles. The van der Waals surface area contributed by atoms with Gasteiger partial charge in [0.15, 0.2) is 12.0 Å². The molecule has 2 N–H and O–H groups in total. The topological polar surface area (TPSA) is 98.0 Å². The molecule has 0 spiro atoms. The van der Waals surface area contributed by atoms with Crippen LogP contribution in [0, 0.1) is 0 Å². The number of ether oxygens (including phenoxy) is 2. The first-order valence-corrected chi connectivity index (χ1v) is 10.4. The Labute approximate surface area is 190 Å². The Kier molecular flexibility index (Phi) is 6.71. The van der Waals surface area contributed by atoms with Crippen LogP contribution in [-0.2, 0) is 4.79 Å². The van der Waals surface area contributed by atoms with Crippen LogP contribution in [0.3, 0.4) is 0 Å². The number of nitrogens with one attached hydrogen (secondary N) is 1. The Hall–Kier alpha value is -4.10. The Bertz CT molecular complexity index is 1300. The second kappa shape index (κ2) is 10.0. The number of carbonyl (C=O) groups is 1. The van der Waals surface area contributed by atoms with E-state index in [4.69, 9.17) is 13.9 Å². The van der Waals surface area contributed by atoms with Crippen LogP contribution in [0.4, 0.5) is 0 Å². The lowest BCUT2D eigenvalue weighted by atomic mass is 10.1. The third-order valence-electron chi connectivity index (χ3n) is 5.24. The molecule has 0 radical (unpaired) electrons. The monoisotopic (exact) mass is 445 g/mol. The van der Waals surface area contributed by atoms with Gasteiger partial charge in [-0.05, 0) is 35.4 Å². The molecule has 1 atom stereocenters. The van der Waals surface area contributed by atoms with E-state index in [1.165, 1.54) is 6.26 Å². The van der Waals surface area contributed by atoms with Crippen LogP contribution in [0.2, 0.25) is 0 Å². The summed E-state index contributed by atoms with van der Waals surface area (Å²) in [6.07, 6.45) is 1.41. The fraction of sp³-hybridized carbons (Fsp3) is 0.154. The Morgan fingerprint density at radius 1 is 1.03 bits per heavy atom. The first kappa shape index (κ1) is 22.1. The van der Waals surface area contributed by atoms with Crippen molar-refractivity contribution in [1.82, 2.24) is 5.32 Å². The highest BCUT2D eigenvalue weighted by Gasteiger charge is 2.15. The summed E-state index contributed by atoms with van der Waals surface area (Å²) >= 11 is 0. The number of benzene rings is 3. The average molecular weight is 445 g/mol. The van der Waals surface area contributed by atoms with Gasteiger partial charge in [0.25, 0.3) is 5.91 Å². The summed E-state index contributed by atoms with van der Waals surface area (Å²) in [6, 6.07) is 20.6. The van der Waals surface area contributed by atoms with Crippen LogP contribution in [0.1, 0.15) is 11.6 Å². The lowest BCUT2D eigenvalue weighted by Crippen LogP contribution is -2.34. The largest absolute Gasteiger partial charge is 0.497 e. The standard InChI is InChI=1S/C26H23NO6/c1-31-19-9-7-17(8-10-19)22-15-33-24-13-20(11-12-21(24)26(22)30)32-16-25(29)27-23(14-28)18-5-3-2-4-6-18/h2-13,15,23,28H,14,16H2,1H3,(H,27,29)/t23-/m0/s1. The summed E-state index contributed by atoms with van der Waals surface area (Å²) in [5.41, 5.74) is 2.15. The zero-order valence-corrected chi connectivity index (χ0v) is 18.0. The summed E-state index contributed by atoms with van der Waals surface area (Å²) in [5, 5.41) is 12.7. The first-order chi connectivity index (χ1) is 16.1. The Morgan fingerprint density at radius 2 is 1.76 bits per heavy atom. The normalized spacial score (nSPS) is 11.7. The second-order valence-corrected chi connectivity index (χ2v) is 7.37. The van der Waals surface area contributed by atoms with Crippen LogP contribution in [0.15, 0.2) is 88.3 Å². The van der Waals surface area contributed by atoms with Gasteiger partial charge in [0.1, 0.15) is 23.3 Å². The molecule has 1 heterocycles. The zero-order valence-electron chi connectivity index (χ0n) is 18.0. The molecular formula is C26H23NO6. The van der Waals surface area contributed by atoms with Gasteiger partial charge in [0.05, 0.1) is 30.7 Å². The van der Waals surface area contributed by atoms with Crippen molar-refractivity contribution in [1.29, 1.82) is 0 Å². The van der Waals surface area contributed by atoms with Gasteiger partial charge in [0, 0.05) is 6.07 Å². The van der Waals surface area contributed by atoms with E-state index in [1.807, 2.05) is 30.3 Å². The molecule has 4 aromatic rings. The molecule has 0 unspecified atom stereocenters. The molecule has 0 aliphatic carbocycles. The zero-order chi connectivity index (χ0) is 23.2. The molecule has 0 saturated carbocycles. The summed E-state index contributed by atoms with van der Waals surface area (Å²) in [6.45, 7) is -0.476. The van der Waals surface area contributed by atoms with E-state index >= 15 is 0 Å². The first-order valence-electron chi connectivity index (χ1n) is 10.4. The number of aliphatic hydroxyl groups is 1. The van der Waals surface area contributed by atoms with Gasteiger partial charge in [-0.1, -0.05) is 42.5 Å². The van der Waals surface area contributed by atoms with E-state index in [2.05, 4.69) is 5.32 Å². The highest BCUT2D eigenvalue weighted by Crippen LogP contribution is 2.24. The minimum Gasteiger partial charge on any atom is -0.497 e. The van der Waals surface area contributed by atoms with Crippen molar-refractivity contribution in [2.24, 2.45) is 0 Å². The maximum absolute atomic E-state index is 12.9. The molecule has 7 heteroatoms. The number of methoxy groups -OCH3 is 1. The molecule has 0 bridgehead atoms. The molecule has 0 aliphatic heterocycles. The van der Waals surface area contributed by atoms with Crippen LogP contribution in [0.25, 0.3) is 22.1 Å². The van der Waals surface area contributed by atoms with Crippen LogP contribution in [-0.4, -0.2) is 31.3 Å². The maximum Gasteiger partial charge on any atom is 0.258 e. The predicted octanol–water partition coefficient (Wildman–Crippen LogP) is 3.70. The number of hydrogen-bond acceptors (Lipinski definition) is 6. The van der Waals surface area contributed by atoms with Crippen molar-refractivity contribution in [3.8, 4) is 22.6 Å². The summed E-state index contributed by atoms with van der Waals surface area (Å²) < 4.78 is 16.4. The van der Waals surface area contributed by atoms with Crippen LogP contribution < -0.4 is 20.2 Å². The summed E-state index contributed by atoms with van der Waals surface area (Å²) in [4.78, 5) is 25.2. The highest BCUT2D eigenvalue weighted by molar-refractivity contribution is 5.83. The lowest BCUT2D eigenvalue weighted by molar-refractivity contribution is -0.124. The number of carbonyl (C=O) groups excluding carboxylic acids is 1. The predicted molar refractivity (Wildman–Crippen MR) is 124 cm³/mol. The number of aliphatic hydroxyl groups excluding tert-OH is 1. The summed E-state index contributed by atoms with van der Waals surface area (Å²) in [5.74, 6) is 0.705. The fourth-order valence-corrected chi connectivity index (χ4v) is 3.47. The van der Waals surface area contributed by atoms with Crippen molar-refractivity contribution in [3.05, 3.63) is 94.8 Å². The number of rotatable bonds is 8. The van der Waals surface area contributed by atoms with Gasteiger partial charge in [-0.3, -0.25) is 9.59 Å². The molecule has 168 valence electrons. The third kappa shape index (κ3) is 5.05. The van der Waals surface area contributed by atoms with Crippen molar-refractivity contribution in [3.63, 3.8) is 0 Å². The van der Waals surface area contributed by atoms with E-state index in [9.17, 15) is 14.7 Å². The number of fused-ring (bicyclic) bond motifs is 1. The van der Waals surface area contributed by atoms with Gasteiger partial charge in [0.2, 0.25) is 0 Å². The van der Waals surface area contributed by atoms with Crippen molar-refractivity contribution >= 4 is 16.9 Å². The minimum atomic E-state index is -0.520. The van der Waals surface area contributed by atoms with Crippen molar-refractivity contribution < 1.29 is 23.8 Å². The van der Waals surface area contributed by atoms with Crippen LogP contribution >= 0.6 is 0 Å². The quantitative estimate of drug-likeness (QED) is 0.429. The van der Waals surface area contributed by atoms with E-state index in [-0.39, 0.29) is 24.5 Å². The fourth-order valence-electron chi connectivity index (χ4n) is 3.47.